The summed E-state index contributed by atoms with van der Waals surface area (Å²) < 4.78 is 0. The van der Waals surface area contributed by atoms with Crippen molar-refractivity contribution in [2.75, 3.05) is 45.9 Å². The van der Waals surface area contributed by atoms with Gasteiger partial charge in [0.2, 0.25) is 82.7 Å². The number of benzene rings is 1. The molecule has 23 N–H and O–H groups in total. The molecule has 14 amide bonds. The first-order valence-corrected chi connectivity index (χ1v) is 29.9. The third-order valence-electron chi connectivity index (χ3n) is 15.0. The summed E-state index contributed by atoms with van der Waals surface area (Å²) in [5, 5.41) is 53.4. The summed E-state index contributed by atoms with van der Waals surface area (Å²) in [4.78, 5) is 203. The molecule has 2 heterocycles. The summed E-state index contributed by atoms with van der Waals surface area (Å²) in [6.07, 6.45) is -0.454. The van der Waals surface area contributed by atoms with Gasteiger partial charge in [0, 0.05) is 32.5 Å². The normalized spacial score (nSPS) is 17.5. The maximum Gasteiger partial charge on any atom is 0.326 e. The van der Waals surface area contributed by atoms with E-state index in [9.17, 15) is 87.2 Å². The van der Waals surface area contributed by atoms with Crippen LogP contribution in [-0.2, 0) is 78.3 Å². The van der Waals surface area contributed by atoms with Gasteiger partial charge in [0.1, 0.15) is 60.4 Å². The van der Waals surface area contributed by atoms with E-state index in [-0.39, 0.29) is 70.5 Å². The Morgan fingerprint density at radius 2 is 1.12 bits per heavy atom. The number of nitrogens with zero attached hydrogens (tertiary/aromatic N) is 3. The molecule has 0 aromatic heterocycles. The first-order valence-electron chi connectivity index (χ1n) is 29.9. The number of nitrogens with two attached hydrogens (primary N) is 5. The topological polar surface area (TPSA) is 586 Å². The van der Waals surface area contributed by atoms with Gasteiger partial charge in [-0.2, -0.15) is 0 Å². The molecular weight excluding hydrogens is 1210 g/mol. The minimum absolute atomic E-state index is 0.0322. The molecule has 0 bridgehead atoms. The Morgan fingerprint density at radius 3 is 1.70 bits per heavy atom. The Hall–Kier alpha value is -9.58. The number of guanidine groups is 1. The molecule has 0 aliphatic carbocycles. The minimum atomic E-state index is -1.70. The quantitative estimate of drug-likeness (QED) is 0.0166. The van der Waals surface area contributed by atoms with Gasteiger partial charge in [-0.25, -0.2) is 4.79 Å². The zero-order chi connectivity index (χ0) is 68.9. The second-order valence-electron chi connectivity index (χ2n) is 22.2. The van der Waals surface area contributed by atoms with E-state index in [0.29, 0.717) is 18.4 Å². The van der Waals surface area contributed by atoms with Crippen LogP contribution in [0.25, 0.3) is 0 Å². The van der Waals surface area contributed by atoms with Gasteiger partial charge in [0.05, 0.1) is 38.8 Å². The number of aliphatic imine (C=N–C) groups is 1. The average Bonchev–Trinajstić information content (AvgIpc) is 1.69. The summed E-state index contributed by atoms with van der Waals surface area (Å²) in [5.41, 5.74) is 27.4. The predicted molar refractivity (Wildman–Crippen MR) is 324 cm³/mol. The van der Waals surface area contributed by atoms with Gasteiger partial charge in [-0.1, -0.05) is 50.6 Å². The van der Waals surface area contributed by atoms with E-state index in [1.165, 1.54) is 18.7 Å². The Kier molecular flexibility index (Phi) is 31.8. The van der Waals surface area contributed by atoms with Crippen LogP contribution in [0.3, 0.4) is 0 Å². The number of carboxylic acids is 1. The summed E-state index contributed by atoms with van der Waals surface area (Å²) in [5.74, 6) is -15.0. The summed E-state index contributed by atoms with van der Waals surface area (Å²) in [6, 6.07) is -6.82. The van der Waals surface area contributed by atoms with Gasteiger partial charge < -0.3 is 107 Å². The number of carbonyl (C=O) groups excluding carboxylic acids is 14. The SMILES string of the molecule is CC[C@H](C)[C@H](NC(=O)[C@@H]1CCCN1C(=O)CNC(=O)[C@H](CCC(N)=O)NC(=O)[C@@H]1CCCN1C(=O)[C@H](Cc1ccccc1)NC(=O)[C@H](CO)NC(=O)[C@H](C)N)C(=O)N[C@@H](CO)C(=O)NCC(=O)N[C@@H](C)C(=O)N[C@@H](CC(N)=O)C(=O)N[C@@H](CCCN=C(N)N)C(=O)O. The highest BCUT2D eigenvalue weighted by Crippen LogP contribution is 2.22. The Balaban J connectivity index is 1.64. The summed E-state index contributed by atoms with van der Waals surface area (Å²) in [6.45, 7) is 2.57. The zero-order valence-corrected chi connectivity index (χ0v) is 51.7. The summed E-state index contributed by atoms with van der Waals surface area (Å²) in [7, 11) is 0. The third kappa shape index (κ3) is 25.0. The molecule has 1 aromatic carbocycles. The van der Waals surface area contributed by atoms with E-state index in [1.54, 1.807) is 44.2 Å². The molecule has 1 aromatic rings. The maximum atomic E-state index is 14.3. The van der Waals surface area contributed by atoms with E-state index in [4.69, 9.17) is 28.7 Å². The lowest BCUT2D eigenvalue weighted by molar-refractivity contribution is -0.143. The van der Waals surface area contributed by atoms with Crippen molar-refractivity contribution in [3.05, 3.63) is 35.9 Å². The van der Waals surface area contributed by atoms with Crippen LogP contribution in [0.5, 0.6) is 0 Å². The number of aliphatic carboxylic acids is 1. The van der Waals surface area contributed by atoms with Gasteiger partial charge in [-0.3, -0.25) is 72.1 Å². The lowest BCUT2D eigenvalue weighted by Crippen LogP contribution is -2.60. The van der Waals surface area contributed by atoms with Gasteiger partial charge in [-0.15, -0.1) is 0 Å². The molecule has 36 heteroatoms. The molecule has 0 spiro atoms. The second kappa shape index (κ2) is 38.2. The molecule has 3 rings (SSSR count). The van der Waals surface area contributed by atoms with Crippen LogP contribution in [0.4, 0.5) is 0 Å². The van der Waals surface area contributed by atoms with Gasteiger partial charge in [-0.05, 0) is 70.3 Å². The van der Waals surface area contributed by atoms with Gasteiger partial charge >= 0.3 is 5.97 Å². The van der Waals surface area contributed by atoms with Crippen LogP contribution in [0.15, 0.2) is 35.3 Å². The Morgan fingerprint density at radius 1 is 0.587 bits per heavy atom. The van der Waals surface area contributed by atoms with E-state index in [0.717, 1.165) is 4.90 Å². The van der Waals surface area contributed by atoms with Crippen LogP contribution < -0.4 is 81.8 Å². The maximum absolute atomic E-state index is 14.3. The van der Waals surface area contributed by atoms with E-state index >= 15 is 0 Å². The first kappa shape index (κ1) is 76.7. The zero-order valence-electron chi connectivity index (χ0n) is 51.7. The minimum Gasteiger partial charge on any atom is -0.480 e. The molecule has 36 nitrogen and oxygen atoms in total. The molecule has 0 saturated carbocycles. The first-order chi connectivity index (χ1) is 43.4. The number of hydrogen-bond acceptors (Lipinski definition) is 19. The van der Waals surface area contributed by atoms with Crippen molar-refractivity contribution in [1.82, 2.24) is 63.0 Å². The lowest BCUT2D eigenvalue weighted by Gasteiger charge is -2.31. The molecule has 2 fully saturated rings. The van der Waals surface area contributed by atoms with Gasteiger partial charge in [0.25, 0.3) is 0 Å². The van der Waals surface area contributed by atoms with Crippen molar-refractivity contribution >= 4 is 94.6 Å². The molecular formula is C56H88N18O18. The van der Waals surface area contributed by atoms with Crippen LogP contribution >= 0.6 is 0 Å². The van der Waals surface area contributed by atoms with Crippen LogP contribution in [-0.4, -0.2) is 232 Å². The van der Waals surface area contributed by atoms with Crippen LogP contribution in [0, 0.1) is 5.92 Å². The lowest BCUT2D eigenvalue weighted by atomic mass is 9.97. The highest BCUT2D eigenvalue weighted by atomic mass is 16.4. The smallest absolute Gasteiger partial charge is 0.326 e. The number of aliphatic hydroxyl groups excluding tert-OH is 2. The number of carboxylic acid groups (broad SMARTS) is 1. The van der Waals surface area contributed by atoms with E-state index in [2.05, 4.69) is 58.2 Å². The predicted octanol–water partition coefficient (Wildman–Crippen LogP) is -9.00. The highest BCUT2D eigenvalue weighted by Gasteiger charge is 2.42. The molecule has 0 unspecified atom stereocenters. The van der Waals surface area contributed by atoms with Gasteiger partial charge in [0.15, 0.2) is 5.96 Å². The number of carbonyl (C=O) groups is 15. The van der Waals surface area contributed by atoms with E-state index < -0.39 is 200 Å². The molecule has 0 radical (unpaired) electrons. The average molecular weight is 1300 g/mol. The van der Waals surface area contributed by atoms with Crippen molar-refractivity contribution < 1.29 is 87.2 Å². The number of hydrogen-bond donors (Lipinski definition) is 18. The fourth-order valence-corrected chi connectivity index (χ4v) is 9.67. The highest BCUT2D eigenvalue weighted by molar-refractivity contribution is 6.00. The largest absolute Gasteiger partial charge is 0.480 e. The number of primary amides is 2. The summed E-state index contributed by atoms with van der Waals surface area (Å²) >= 11 is 0. The number of aliphatic hydroxyl groups is 2. The number of rotatable bonds is 38. The van der Waals surface area contributed by atoms with Crippen LogP contribution in [0.2, 0.25) is 0 Å². The molecule has 2 aliphatic rings. The van der Waals surface area contributed by atoms with Crippen molar-refractivity contribution in [1.29, 1.82) is 0 Å². The standard InChI is InChI=1S/C56H88N18O18/c1-5-28(2)44(53(89)71-36(26-75)48(84)63-24-42(79)65-30(4)46(82)68-34(23-41(59)78)49(85)67-33(55(91)92)14-9-19-62-56(60)61)72-52(88)38-15-10-20-73(38)43(80)25-64-47(83)32(17-18-40(58)77)66-51(87)39-16-11-21-74(39)54(90)35(22-31-12-7-6-8-13-31)69-50(86)37(27-76)70-45(81)29(3)57/h6-8,12-13,28-30,32-39,44,75-76H,5,9-11,14-27,57H2,1-4H3,(H2,58,77)(H2,59,78)(H,63,84)(H,64,83)(H,65,79)(H,66,87)(H,67,85)(H,68,82)(H,69,86)(H,70,81)(H,71,89)(H,72,88)(H,91,92)(H4,60,61,62)/t28-,29-,30-,32-,33-,34-,35-,36-,37-,38-,39-,44-/m0/s1. The van der Waals surface area contributed by atoms with Crippen molar-refractivity contribution in [2.24, 2.45) is 39.6 Å². The Labute approximate surface area is 529 Å². The van der Waals surface area contributed by atoms with Crippen molar-refractivity contribution in [2.45, 2.75) is 165 Å². The molecule has 2 aliphatic heterocycles. The number of nitrogens with one attached hydrogen (secondary N) is 10. The van der Waals surface area contributed by atoms with E-state index in [1.807, 2.05) is 0 Å². The Bertz CT molecular complexity index is 2840. The van der Waals surface area contributed by atoms with Crippen molar-refractivity contribution in [3.63, 3.8) is 0 Å². The third-order valence-corrected chi connectivity index (χ3v) is 15.0. The molecule has 12 atom stereocenters. The second-order valence-corrected chi connectivity index (χ2v) is 22.2. The number of likely N-dealkylation sites (tertiary alicyclic amines) is 2. The monoisotopic (exact) mass is 1300 g/mol. The molecule has 2 saturated heterocycles. The van der Waals surface area contributed by atoms with Crippen molar-refractivity contribution in [3.8, 4) is 0 Å². The molecule has 510 valence electrons. The molecule has 92 heavy (non-hydrogen) atoms. The number of amides is 14. The fourth-order valence-electron chi connectivity index (χ4n) is 9.67. The fraction of sp³-hybridized carbons (Fsp3) is 0.607. The van der Waals surface area contributed by atoms with Crippen LogP contribution in [0.1, 0.15) is 97.5 Å².